The number of nitrogens with zero attached hydrogens (tertiary/aromatic N) is 1. The Morgan fingerprint density at radius 1 is 1.40 bits per heavy atom. The van der Waals surface area contributed by atoms with Crippen molar-refractivity contribution >= 4 is 35.7 Å². The molecule has 1 amide bonds. The minimum Gasteiger partial charge on any atom is -0.495 e. The molecule has 25 heavy (non-hydrogen) atoms. The summed E-state index contributed by atoms with van der Waals surface area (Å²) >= 11 is 0. The second-order valence-corrected chi connectivity index (χ2v) is 5.20. The van der Waals surface area contributed by atoms with E-state index in [4.69, 9.17) is 9.84 Å². The van der Waals surface area contributed by atoms with Crippen LogP contribution in [0.5, 0.6) is 5.75 Å². The predicted molar refractivity (Wildman–Crippen MR) is 94.5 cm³/mol. The van der Waals surface area contributed by atoms with Crippen LogP contribution in [0.3, 0.4) is 0 Å². The van der Waals surface area contributed by atoms with Gasteiger partial charge in [0, 0.05) is 12.1 Å². The van der Waals surface area contributed by atoms with Crippen LogP contribution in [0.4, 0.5) is 11.4 Å². The number of hydrogen-bond donors (Lipinski definition) is 3. The number of carboxylic acid groups (broad SMARTS) is 1. The summed E-state index contributed by atoms with van der Waals surface area (Å²) in [6.07, 6.45) is 1.03. The number of amides is 1. The van der Waals surface area contributed by atoms with Gasteiger partial charge in [-0.05, 0) is 19.4 Å². The molecule has 1 aromatic carbocycles. The molecule has 2 unspecified atom stereocenters. The van der Waals surface area contributed by atoms with Gasteiger partial charge in [0.1, 0.15) is 11.8 Å². The molecule has 3 N–H and O–H groups in total. The van der Waals surface area contributed by atoms with Crippen molar-refractivity contribution in [2.24, 2.45) is 0 Å². The van der Waals surface area contributed by atoms with Crippen molar-refractivity contribution in [3.05, 3.63) is 28.3 Å². The average molecular weight is 376 g/mol. The summed E-state index contributed by atoms with van der Waals surface area (Å²) < 4.78 is 5.07. The van der Waals surface area contributed by atoms with Crippen LogP contribution < -0.4 is 15.4 Å². The molecule has 1 aromatic rings. The first-order valence-electron chi connectivity index (χ1n) is 7.42. The van der Waals surface area contributed by atoms with Crippen molar-refractivity contribution in [3.63, 3.8) is 0 Å². The number of nitrogens with one attached hydrogen (secondary N) is 2. The monoisotopic (exact) mass is 375 g/mol. The largest absolute Gasteiger partial charge is 0.495 e. The van der Waals surface area contributed by atoms with Crippen molar-refractivity contribution < 1.29 is 24.4 Å². The van der Waals surface area contributed by atoms with Gasteiger partial charge in [0.25, 0.3) is 5.69 Å². The van der Waals surface area contributed by atoms with Gasteiger partial charge in [0.05, 0.1) is 23.8 Å². The maximum atomic E-state index is 12.2. The van der Waals surface area contributed by atoms with E-state index in [2.05, 4.69) is 10.6 Å². The van der Waals surface area contributed by atoms with E-state index in [1.165, 1.54) is 32.2 Å². The third-order valence-corrected chi connectivity index (χ3v) is 3.37. The van der Waals surface area contributed by atoms with Gasteiger partial charge in [-0.15, -0.1) is 12.4 Å². The molecule has 0 spiro atoms. The molecule has 1 rings (SSSR count). The highest BCUT2D eigenvalue weighted by Crippen LogP contribution is 2.28. The second-order valence-electron chi connectivity index (χ2n) is 5.20. The molecule has 140 valence electrons. The minimum absolute atomic E-state index is 0. The number of benzene rings is 1. The number of halogens is 1. The van der Waals surface area contributed by atoms with Gasteiger partial charge in [0.15, 0.2) is 0 Å². The zero-order valence-electron chi connectivity index (χ0n) is 14.1. The van der Waals surface area contributed by atoms with Gasteiger partial charge in [-0.25, -0.2) is 0 Å². The molecule has 10 heteroatoms. The molecule has 0 heterocycles. The standard InChI is InChI=1S/C15H21N3O6.ClH/c1-4-5-11(15(20)21)16-9(2)14(19)17-12-8-10(18(22)23)6-7-13(12)24-3;/h6-9,11,16H,4-5H2,1-3H3,(H,17,19)(H,20,21);1H. The van der Waals surface area contributed by atoms with E-state index >= 15 is 0 Å². The van der Waals surface area contributed by atoms with Gasteiger partial charge in [-0.2, -0.15) is 0 Å². The Bertz CT molecular complexity index is 625. The van der Waals surface area contributed by atoms with Crippen LogP contribution in [0, 0.1) is 10.1 Å². The van der Waals surface area contributed by atoms with E-state index in [1.807, 2.05) is 6.92 Å². The first-order valence-corrected chi connectivity index (χ1v) is 7.42. The lowest BCUT2D eigenvalue weighted by atomic mass is 10.1. The lowest BCUT2D eigenvalue weighted by molar-refractivity contribution is -0.384. The maximum Gasteiger partial charge on any atom is 0.320 e. The first-order chi connectivity index (χ1) is 11.3. The van der Waals surface area contributed by atoms with Crippen molar-refractivity contribution in [1.29, 1.82) is 0 Å². The summed E-state index contributed by atoms with van der Waals surface area (Å²) in [7, 11) is 1.38. The number of non-ortho nitro benzene ring substituents is 1. The van der Waals surface area contributed by atoms with E-state index in [0.29, 0.717) is 12.8 Å². The number of nitro groups is 1. The summed E-state index contributed by atoms with van der Waals surface area (Å²) in [4.78, 5) is 33.6. The number of rotatable bonds is 9. The Morgan fingerprint density at radius 3 is 2.52 bits per heavy atom. The molecule has 0 bridgehead atoms. The number of ether oxygens (including phenoxy) is 1. The summed E-state index contributed by atoms with van der Waals surface area (Å²) in [5.41, 5.74) is -0.0474. The van der Waals surface area contributed by atoms with Crippen LogP contribution in [0.2, 0.25) is 0 Å². The Hall–Kier alpha value is -2.39. The van der Waals surface area contributed by atoms with E-state index in [9.17, 15) is 19.7 Å². The molecule has 9 nitrogen and oxygen atoms in total. The van der Waals surface area contributed by atoms with Gasteiger partial charge < -0.3 is 15.2 Å². The molecule has 0 aromatic heterocycles. The highest BCUT2D eigenvalue weighted by molar-refractivity contribution is 5.96. The number of carbonyl (C=O) groups excluding carboxylic acids is 1. The van der Waals surface area contributed by atoms with Crippen LogP contribution in [-0.2, 0) is 9.59 Å². The fourth-order valence-electron chi connectivity index (χ4n) is 2.09. The molecular weight excluding hydrogens is 354 g/mol. The van der Waals surface area contributed by atoms with Crippen LogP contribution in [0.25, 0.3) is 0 Å². The van der Waals surface area contributed by atoms with Gasteiger partial charge in [-0.1, -0.05) is 13.3 Å². The van der Waals surface area contributed by atoms with E-state index in [-0.39, 0.29) is 29.5 Å². The second kappa shape index (κ2) is 10.5. The van der Waals surface area contributed by atoms with E-state index in [1.54, 1.807) is 0 Å². The van der Waals surface area contributed by atoms with Gasteiger partial charge in [0.2, 0.25) is 5.91 Å². The smallest absolute Gasteiger partial charge is 0.320 e. The zero-order chi connectivity index (χ0) is 18.3. The number of carbonyl (C=O) groups is 2. The third kappa shape index (κ3) is 6.55. The minimum atomic E-state index is -1.04. The van der Waals surface area contributed by atoms with Crippen molar-refractivity contribution in [3.8, 4) is 5.75 Å². The van der Waals surface area contributed by atoms with Crippen LogP contribution >= 0.6 is 12.4 Å². The van der Waals surface area contributed by atoms with Crippen molar-refractivity contribution in [1.82, 2.24) is 5.32 Å². The summed E-state index contributed by atoms with van der Waals surface area (Å²) in [5.74, 6) is -1.29. The molecule has 0 fully saturated rings. The lowest BCUT2D eigenvalue weighted by Crippen LogP contribution is -2.47. The number of nitro benzene ring substituents is 1. The van der Waals surface area contributed by atoms with Crippen LogP contribution in [0.15, 0.2) is 18.2 Å². The summed E-state index contributed by atoms with van der Waals surface area (Å²) in [6.45, 7) is 3.36. The first kappa shape index (κ1) is 22.6. The fourth-order valence-corrected chi connectivity index (χ4v) is 2.09. The molecule has 0 aliphatic rings. The summed E-state index contributed by atoms with van der Waals surface area (Å²) in [5, 5.41) is 25.2. The van der Waals surface area contributed by atoms with E-state index in [0.717, 1.165) is 0 Å². The maximum absolute atomic E-state index is 12.2. The molecule has 0 aliphatic heterocycles. The van der Waals surface area contributed by atoms with Crippen LogP contribution in [0.1, 0.15) is 26.7 Å². The molecule has 0 aliphatic carbocycles. The number of carboxylic acids is 1. The zero-order valence-corrected chi connectivity index (χ0v) is 15.0. The third-order valence-electron chi connectivity index (χ3n) is 3.37. The molecule has 0 saturated carbocycles. The topological polar surface area (TPSA) is 131 Å². The van der Waals surface area contributed by atoms with Crippen molar-refractivity contribution in [2.45, 2.75) is 38.8 Å². The fraction of sp³-hybridized carbons (Fsp3) is 0.467. The molecular formula is C15H22ClN3O6. The number of anilines is 1. The van der Waals surface area contributed by atoms with Gasteiger partial charge in [-0.3, -0.25) is 25.0 Å². The Kier molecular flexibility index (Phi) is 9.47. The van der Waals surface area contributed by atoms with E-state index < -0.39 is 28.9 Å². The highest BCUT2D eigenvalue weighted by atomic mass is 35.5. The lowest BCUT2D eigenvalue weighted by Gasteiger charge is -2.20. The molecule has 0 radical (unpaired) electrons. The highest BCUT2D eigenvalue weighted by Gasteiger charge is 2.23. The Balaban J connectivity index is 0.00000576. The van der Waals surface area contributed by atoms with Crippen molar-refractivity contribution in [2.75, 3.05) is 12.4 Å². The number of aliphatic carboxylic acids is 1. The van der Waals surface area contributed by atoms with Gasteiger partial charge >= 0.3 is 5.97 Å². The SMILES string of the molecule is CCCC(NC(C)C(=O)Nc1cc([N+](=O)[O-])ccc1OC)C(=O)O.Cl. The molecule has 2 atom stereocenters. The Labute approximate surface area is 151 Å². The van der Waals surface area contributed by atoms with Crippen LogP contribution in [-0.4, -0.2) is 41.1 Å². The predicted octanol–water partition coefficient (Wildman–Crippen LogP) is 2.20. The quantitative estimate of drug-likeness (QED) is 0.445. The Morgan fingerprint density at radius 2 is 2.04 bits per heavy atom. The summed E-state index contributed by atoms with van der Waals surface area (Å²) in [6, 6.07) is 2.18. The molecule has 0 saturated heterocycles. The number of methoxy groups -OCH3 is 1. The number of hydrogen-bond acceptors (Lipinski definition) is 6. The normalized spacial score (nSPS) is 12.4. The average Bonchev–Trinajstić information content (AvgIpc) is 2.53.